The minimum absolute atomic E-state index is 0.0197. The number of rotatable bonds is 4. The van der Waals surface area contributed by atoms with Crippen molar-refractivity contribution in [2.75, 3.05) is 7.11 Å². The Balaban J connectivity index is 2.13. The van der Waals surface area contributed by atoms with Gasteiger partial charge in [-0.1, -0.05) is 26.0 Å². The van der Waals surface area contributed by atoms with Gasteiger partial charge in [0.15, 0.2) is 5.82 Å². The van der Waals surface area contributed by atoms with Crippen molar-refractivity contribution in [2.45, 2.75) is 25.9 Å². The van der Waals surface area contributed by atoms with Crippen LogP contribution in [0.5, 0.6) is 0 Å². The van der Waals surface area contributed by atoms with Crippen LogP contribution in [-0.4, -0.2) is 33.3 Å². The van der Waals surface area contributed by atoms with Crippen LogP contribution in [-0.2, 0) is 10.9 Å². The van der Waals surface area contributed by atoms with Crippen molar-refractivity contribution in [1.82, 2.24) is 20.2 Å². The van der Waals surface area contributed by atoms with E-state index < -0.39 is 17.7 Å². The second kappa shape index (κ2) is 7.41. The molecule has 3 aromatic rings. The van der Waals surface area contributed by atoms with E-state index in [2.05, 4.69) is 15.5 Å². The van der Waals surface area contributed by atoms with Gasteiger partial charge in [-0.2, -0.15) is 17.9 Å². The van der Waals surface area contributed by atoms with Crippen molar-refractivity contribution >= 4 is 5.97 Å². The molecule has 3 rings (SSSR count). The minimum Gasteiger partial charge on any atom is -0.465 e. The molecule has 0 radical (unpaired) electrons. The van der Waals surface area contributed by atoms with Crippen LogP contribution in [0.2, 0.25) is 0 Å². The molecule has 2 aromatic carbocycles. The highest BCUT2D eigenvalue weighted by molar-refractivity contribution is 5.92. The Labute approximate surface area is 158 Å². The molecule has 0 saturated heterocycles. The lowest BCUT2D eigenvalue weighted by atomic mass is 10.0. The highest BCUT2D eigenvalue weighted by Crippen LogP contribution is 2.32. The van der Waals surface area contributed by atoms with Crippen LogP contribution >= 0.6 is 0 Å². The number of aromatic nitrogens is 4. The standard InChI is InChI=1S/C19H17F3N4O2/c1-11(2)17-23-24-25-26(17)16-9-13(8-14(10-16)18(27)28-3)12-4-6-15(7-5-12)19(20,21)22/h4-11H,1-3H3. The van der Waals surface area contributed by atoms with E-state index in [-0.39, 0.29) is 11.5 Å². The van der Waals surface area contributed by atoms with Crippen molar-refractivity contribution in [3.8, 4) is 16.8 Å². The summed E-state index contributed by atoms with van der Waals surface area (Å²) in [5, 5.41) is 11.6. The van der Waals surface area contributed by atoms with Gasteiger partial charge in [-0.25, -0.2) is 4.79 Å². The first-order valence-electron chi connectivity index (χ1n) is 8.40. The van der Waals surface area contributed by atoms with Crippen molar-refractivity contribution in [3.63, 3.8) is 0 Å². The number of hydrogen-bond acceptors (Lipinski definition) is 5. The molecular formula is C19H17F3N4O2. The summed E-state index contributed by atoms with van der Waals surface area (Å²) < 4.78 is 44.7. The normalized spacial score (nSPS) is 11.7. The van der Waals surface area contributed by atoms with Gasteiger partial charge in [0.05, 0.1) is 23.9 Å². The first-order valence-corrected chi connectivity index (χ1v) is 8.40. The molecule has 0 atom stereocenters. The summed E-state index contributed by atoms with van der Waals surface area (Å²) in [4.78, 5) is 12.1. The van der Waals surface area contributed by atoms with E-state index in [9.17, 15) is 18.0 Å². The predicted molar refractivity (Wildman–Crippen MR) is 95.0 cm³/mol. The lowest BCUT2D eigenvalue weighted by Gasteiger charge is -2.12. The zero-order chi connectivity index (χ0) is 20.5. The molecule has 6 nitrogen and oxygen atoms in total. The molecule has 0 unspecified atom stereocenters. The molecule has 1 aromatic heterocycles. The Morgan fingerprint density at radius 3 is 2.32 bits per heavy atom. The van der Waals surface area contributed by atoms with Gasteiger partial charge >= 0.3 is 12.1 Å². The van der Waals surface area contributed by atoms with Gasteiger partial charge in [0, 0.05) is 5.92 Å². The van der Waals surface area contributed by atoms with Crippen molar-refractivity contribution in [1.29, 1.82) is 0 Å². The topological polar surface area (TPSA) is 69.9 Å². The maximum atomic E-state index is 12.8. The largest absolute Gasteiger partial charge is 0.465 e. The third-order valence-electron chi connectivity index (χ3n) is 4.14. The molecule has 0 saturated carbocycles. The van der Waals surface area contributed by atoms with E-state index in [4.69, 9.17) is 4.74 Å². The number of hydrogen-bond donors (Lipinski definition) is 0. The summed E-state index contributed by atoms with van der Waals surface area (Å²) in [6.07, 6.45) is -4.42. The molecule has 0 amide bonds. The van der Waals surface area contributed by atoms with Crippen LogP contribution in [0, 0.1) is 0 Å². The molecule has 28 heavy (non-hydrogen) atoms. The summed E-state index contributed by atoms with van der Waals surface area (Å²) >= 11 is 0. The average Bonchev–Trinajstić information content (AvgIpc) is 3.16. The van der Waals surface area contributed by atoms with Crippen LogP contribution in [0.3, 0.4) is 0 Å². The van der Waals surface area contributed by atoms with E-state index in [0.29, 0.717) is 22.6 Å². The van der Waals surface area contributed by atoms with Crippen LogP contribution in [0.4, 0.5) is 13.2 Å². The van der Waals surface area contributed by atoms with E-state index in [1.165, 1.54) is 23.9 Å². The number of carbonyl (C=O) groups is 1. The Morgan fingerprint density at radius 2 is 1.75 bits per heavy atom. The summed E-state index contributed by atoms with van der Waals surface area (Å²) in [7, 11) is 1.25. The second-order valence-electron chi connectivity index (χ2n) is 6.44. The predicted octanol–water partition coefficient (Wildman–Crippen LogP) is 4.26. The smallest absolute Gasteiger partial charge is 0.416 e. The van der Waals surface area contributed by atoms with Gasteiger partial charge in [0.1, 0.15) is 0 Å². The Hall–Kier alpha value is -3.23. The van der Waals surface area contributed by atoms with Gasteiger partial charge in [0.25, 0.3) is 0 Å². The molecule has 0 fully saturated rings. The lowest BCUT2D eigenvalue weighted by Crippen LogP contribution is -2.08. The Kier molecular flexibility index (Phi) is 5.17. The maximum absolute atomic E-state index is 12.8. The van der Waals surface area contributed by atoms with Gasteiger partial charge < -0.3 is 4.74 Å². The third-order valence-corrected chi connectivity index (χ3v) is 4.14. The molecule has 9 heteroatoms. The average molecular weight is 390 g/mol. The zero-order valence-corrected chi connectivity index (χ0v) is 15.4. The lowest BCUT2D eigenvalue weighted by molar-refractivity contribution is -0.137. The third kappa shape index (κ3) is 3.88. The number of alkyl halides is 3. The zero-order valence-electron chi connectivity index (χ0n) is 15.4. The Morgan fingerprint density at radius 1 is 1.07 bits per heavy atom. The van der Waals surface area contributed by atoms with Crippen molar-refractivity contribution < 1.29 is 22.7 Å². The summed E-state index contributed by atoms with van der Waals surface area (Å²) in [5.41, 5.74) is 1.05. The molecule has 0 aliphatic rings. The van der Waals surface area contributed by atoms with E-state index in [0.717, 1.165) is 12.1 Å². The minimum atomic E-state index is -4.42. The van der Waals surface area contributed by atoms with Crippen LogP contribution < -0.4 is 0 Å². The molecule has 1 heterocycles. The molecular weight excluding hydrogens is 373 g/mol. The molecule has 0 aliphatic heterocycles. The number of methoxy groups -OCH3 is 1. The molecule has 146 valence electrons. The number of esters is 1. The van der Waals surface area contributed by atoms with Gasteiger partial charge in [-0.3, -0.25) is 0 Å². The number of halogens is 3. The van der Waals surface area contributed by atoms with Gasteiger partial charge in [0.2, 0.25) is 0 Å². The number of nitrogens with zero attached hydrogens (tertiary/aromatic N) is 4. The quantitative estimate of drug-likeness (QED) is 0.623. The number of ether oxygens (including phenoxy) is 1. The highest BCUT2D eigenvalue weighted by Gasteiger charge is 2.30. The van der Waals surface area contributed by atoms with Crippen molar-refractivity contribution in [2.24, 2.45) is 0 Å². The van der Waals surface area contributed by atoms with Gasteiger partial charge in [-0.15, -0.1) is 5.10 Å². The number of carbonyl (C=O) groups excluding carboxylic acids is 1. The Bertz CT molecular complexity index is 995. The number of benzene rings is 2. The van der Waals surface area contributed by atoms with Crippen LogP contribution in [0.25, 0.3) is 16.8 Å². The SMILES string of the molecule is COC(=O)c1cc(-c2ccc(C(F)(F)F)cc2)cc(-n2nnnc2C(C)C)c1. The van der Waals surface area contributed by atoms with E-state index in [1.807, 2.05) is 13.8 Å². The fourth-order valence-electron chi connectivity index (χ4n) is 2.73. The molecule has 0 aliphatic carbocycles. The van der Waals surface area contributed by atoms with Gasteiger partial charge in [-0.05, 0) is 51.9 Å². The first-order chi connectivity index (χ1) is 13.2. The summed E-state index contributed by atoms with van der Waals surface area (Å²) in [5.74, 6) is 0.0286. The van der Waals surface area contributed by atoms with Crippen LogP contribution in [0.1, 0.15) is 41.5 Å². The fourth-order valence-corrected chi connectivity index (χ4v) is 2.73. The van der Waals surface area contributed by atoms with Crippen molar-refractivity contribution in [3.05, 3.63) is 59.4 Å². The fraction of sp³-hybridized carbons (Fsp3) is 0.263. The molecule has 0 N–H and O–H groups in total. The molecule has 0 bridgehead atoms. The highest BCUT2D eigenvalue weighted by atomic mass is 19.4. The summed E-state index contributed by atoms with van der Waals surface area (Å²) in [6.45, 7) is 3.84. The maximum Gasteiger partial charge on any atom is 0.416 e. The number of tetrazole rings is 1. The summed E-state index contributed by atoms with van der Waals surface area (Å²) in [6, 6.07) is 9.53. The second-order valence-corrected chi connectivity index (χ2v) is 6.44. The van der Waals surface area contributed by atoms with Crippen LogP contribution in [0.15, 0.2) is 42.5 Å². The van der Waals surface area contributed by atoms with E-state index in [1.54, 1.807) is 18.2 Å². The monoisotopic (exact) mass is 390 g/mol. The molecule has 0 spiro atoms. The first kappa shape index (κ1) is 19.5. The van der Waals surface area contributed by atoms with E-state index >= 15 is 0 Å².